The largest absolute Gasteiger partial charge is 0.379 e. The molecule has 2 fully saturated rings. The van der Waals surface area contributed by atoms with Gasteiger partial charge in [0.2, 0.25) is 11.8 Å². The van der Waals surface area contributed by atoms with Crippen LogP contribution in [0.2, 0.25) is 0 Å². The van der Waals surface area contributed by atoms with Crippen LogP contribution in [0.1, 0.15) is 38.5 Å². The first-order chi connectivity index (χ1) is 14.1. The summed E-state index contributed by atoms with van der Waals surface area (Å²) in [5, 5.41) is 2.92. The van der Waals surface area contributed by atoms with Gasteiger partial charge in [0.15, 0.2) is 0 Å². The Morgan fingerprint density at radius 1 is 1.20 bits per heavy atom. The average Bonchev–Trinajstić information content (AvgIpc) is 3.21. The maximum absolute atomic E-state index is 12.7. The molecule has 3 rings (SSSR count). The zero-order valence-corrected chi connectivity index (χ0v) is 19.5. The van der Waals surface area contributed by atoms with E-state index < -0.39 is 15.4 Å². The van der Waals surface area contributed by atoms with Crippen LogP contribution >= 0.6 is 11.3 Å². The molecule has 2 saturated heterocycles. The van der Waals surface area contributed by atoms with E-state index in [1.165, 1.54) is 15.6 Å². The number of morpholine rings is 1. The summed E-state index contributed by atoms with van der Waals surface area (Å²) in [5.41, 5.74) is -0.461. The van der Waals surface area contributed by atoms with Crippen LogP contribution in [0.25, 0.3) is 0 Å². The Morgan fingerprint density at radius 3 is 2.57 bits per heavy atom. The molecule has 10 heteroatoms. The molecule has 1 unspecified atom stereocenters. The predicted octanol–water partition coefficient (Wildman–Crippen LogP) is 1.67. The number of rotatable bonds is 5. The number of sulfonamides is 1. The monoisotopic (exact) mass is 457 g/mol. The van der Waals surface area contributed by atoms with Crippen LogP contribution in [0.5, 0.6) is 0 Å². The van der Waals surface area contributed by atoms with Crippen molar-refractivity contribution in [3.05, 3.63) is 17.0 Å². The molecule has 30 heavy (non-hydrogen) atoms. The van der Waals surface area contributed by atoms with Gasteiger partial charge in [0.05, 0.1) is 25.7 Å². The van der Waals surface area contributed by atoms with Gasteiger partial charge >= 0.3 is 0 Å². The molecule has 0 aromatic carbocycles. The molecule has 1 aromatic heterocycles. The number of piperidine rings is 1. The van der Waals surface area contributed by atoms with Crippen molar-refractivity contribution in [2.24, 2.45) is 11.3 Å². The molecule has 2 aliphatic heterocycles. The number of likely N-dealkylation sites (tertiary alicyclic amines) is 1. The van der Waals surface area contributed by atoms with Gasteiger partial charge in [-0.3, -0.25) is 9.59 Å². The Morgan fingerprint density at radius 2 is 1.90 bits per heavy atom. The Kier molecular flexibility index (Phi) is 7.21. The summed E-state index contributed by atoms with van der Waals surface area (Å²) in [6.07, 6.45) is 1.56. The van der Waals surface area contributed by atoms with Crippen molar-refractivity contribution in [1.82, 2.24) is 14.5 Å². The van der Waals surface area contributed by atoms with Gasteiger partial charge in [0.25, 0.3) is 10.0 Å². The standard InChI is InChI=1S/C20H31N3O5S2/c1-20(2,3)19(25)22-8-4-5-15(14-22)18(24)21-13-16-6-7-17(29-16)30(26,27)23-9-11-28-12-10-23/h6-7,15H,4-5,8-14H2,1-3H3,(H,21,24). The third-order valence-electron chi connectivity index (χ3n) is 5.36. The van der Waals surface area contributed by atoms with E-state index in [0.717, 1.165) is 17.7 Å². The topological polar surface area (TPSA) is 96.0 Å². The highest BCUT2D eigenvalue weighted by Crippen LogP contribution is 2.26. The molecule has 2 amide bonds. The van der Waals surface area contributed by atoms with Crippen molar-refractivity contribution in [2.75, 3.05) is 39.4 Å². The zero-order chi connectivity index (χ0) is 21.9. The summed E-state index contributed by atoms with van der Waals surface area (Å²) in [7, 11) is -3.52. The van der Waals surface area contributed by atoms with Crippen LogP contribution in [0.4, 0.5) is 0 Å². The number of hydrogen-bond donors (Lipinski definition) is 1. The van der Waals surface area contributed by atoms with Crippen LogP contribution in [-0.2, 0) is 30.9 Å². The van der Waals surface area contributed by atoms with Gasteiger partial charge in [-0.1, -0.05) is 20.8 Å². The number of nitrogens with zero attached hydrogens (tertiary/aromatic N) is 2. The summed E-state index contributed by atoms with van der Waals surface area (Å²) < 4.78 is 32.4. The van der Waals surface area contributed by atoms with E-state index in [1.807, 2.05) is 20.8 Å². The second-order valence-corrected chi connectivity index (χ2v) is 12.1. The van der Waals surface area contributed by atoms with Crippen molar-refractivity contribution in [3.8, 4) is 0 Å². The third kappa shape index (κ3) is 5.40. The number of amides is 2. The Bertz CT molecular complexity index is 869. The second-order valence-electron chi connectivity index (χ2n) is 8.80. The van der Waals surface area contributed by atoms with E-state index in [4.69, 9.17) is 4.74 Å². The number of nitrogens with one attached hydrogen (secondary N) is 1. The minimum absolute atomic E-state index is 0.0659. The summed E-state index contributed by atoms with van der Waals surface area (Å²) in [5.74, 6) is -0.259. The Hall–Kier alpha value is -1.49. The fourth-order valence-electron chi connectivity index (χ4n) is 3.67. The normalized spacial score (nSPS) is 21.4. The van der Waals surface area contributed by atoms with Crippen LogP contribution in [-0.4, -0.2) is 68.8 Å². The molecule has 0 saturated carbocycles. The zero-order valence-electron chi connectivity index (χ0n) is 17.8. The highest BCUT2D eigenvalue weighted by molar-refractivity contribution is 7.91. The minimum Gasteiger partial charge on any atom is -0.379 e. The van der Waals surface area contributed by atoms with E-state index in [0.29, 0.717) is 39.4 Å². The van der Waals surface area contributed by atoms with Crippen LogP contribution < -0.4 is 5.32 Å². The fourth-order valence-corrected chi connectivity index (χ4v) is 6.53. The van der Waals surface area contributed by atoms with E-state index in [-0.39, 0.29) is 28.5 Å². The first-order valence-electron chi connectivity index (χ1n) is 10.3. The molecule has 3 heterocycles. The molecule has 8 nitrogen and oxygen atoms in total. The molecular weight excluding hydrogens is 426 g/mol. The van der Waals surface area contributed by atoms with Gasteiger partial charge in [-0.05, 0) is 25.0 Å². The van der Waals surface area contributed by atoms with Crippen LogP contribution in [0.3, 0.4) is 0 Å². The summed E-state index contributed by atoms with van der Waals surface area (Å²) in [6, 6.07) is 3.34. The first-order valence-corrected chi connectivity index (χ1v) is 12.6. The molecule has 0 bridgehead atoms. The highest BCUT2D eigenvalue weighted by atomic mass is 32.2. The van der Waals surface area contributed by atoms with Gasteiger partial charge in [0, 0.05) is 36.5 Å². The molecule has 2 aliphatic rings. The van der Waals surface area contributed by atoms with Crippen molar-refractivity contribution in [3.63, 3.8) is 0 Å². The van der Waals surface area contributed by atoms with Crippen LogP contribution in [0, 0.1) is 11.3 Å². The maximum Gasteiger partial charge on any atom is 0.252 e. The van der Waals surface area contributed by atoms with Crippen molar-refractivity contribution < 1.29 is 22.7 Å². The van der Waals surface area contributed by atoms with E-state index in [1.54, 1.807) is 17.0 Å². The number of carbonyl (C=O) groups excluding carboxylic acids is 2. The van der Waals surface area contributed by atoms with E-state index in [2.05, 4.69) is 5.32 Å². The lowest BCUT2D eigenvalue weighted by atomic mass is 9.91. The number of hydrogen-bond acceptors (Lipinski definition) is 6. The maximum atomic E-state index is 12.7. The predicted molar refractivity (Wildman–Crippen MR) is 115 cm³/mol. The van der Waals surface area contributed by atoms with E-state index in [9.17, 15) is 18.0 Å². The molecule has 1 atom stereocenters. The molecule has 168 valence electrons. The van der Waals surface area contributed by atoms with Gasteiger partial charge in [-0.2, -0.15) is 4.31 Å². The molecule has 1 aromatic rings. The molecule has 1 N–H and O–H groups in total. The molecule has 0 radical (unpaired) electrons. The lowest BCUT2D eigenvalue weighted by Gasteiger charge is -2.35. The summed E-state index contributed by atoms with van der Waals surface area (Å²) in [6.45, 7) is 8.60. The minimum atomic E-state index is -3.52. The second kappa shape index (κ2) is 9.33. The summed E-state index contributed by atoms with van der Waals surface area (Å²) in [4.78, 5) is 27.7. The van der Waals surface area contributed by atoms with Gasteiger partial charge < -0.3 is 15.0 Å². The summed E-state index contributed by atoms with van der Waals surface area (Å²) >= 11 is 1.18. The molecule has 0 aliphatic carbocycles. The van der Waals surface area contributed by atoms with Crippen molar-refractivity contribution >= 4 is 33.2 Å². The SMILES string of the molecule is CC(C)(C)C(=O)N1CCCC(C(=O)NCc2ccc(S(=O)(=O)N3CCOCC3)s2)C1. The lowest BCUT2D eigenvalue weighted by molar-refractivity contribution is -0.142. The first kappa shape index (κ1) is 23.2. The number of thiophene rings is 1. The smallest absolute Gasteiger partial charge is 0.252 e. The van der Waals surface area contributed by atoms with Crippen LogP contribution in [0.15, 0.2) is 16.3 Å². The quantitative estimate of drug-likeness (QED) is 0.726. The fraction of sp³-hybridized carbons (Fsp3) is 0.700. The number of carbonyl (C=O) groups is 2. The number of ether oxygens (including phenoxy) is 1. The van der Waals surface area contributed by atoms with Gasteiger partial charge in [-0.25, -0.2) is 8.42 Å². The Balaban J connectivity index is 1.56. The van der Waals surface area contributed by atoms with E-state index >= 15 is 0 Å². The third-order valence-corrected chi connectivity index (χ3v) is 8.81. The lowest BCUT2D eigenvalue weighted by Crippen LogP contribution is -2.48. The van der Waals surface area contributed by atoms with Crippen molar-refractivity contribution in [2.45, 2.75) is 44.4 Å². The highest BCUT2D eigenvalue weighted by Gasteiger charge is 2.33. The molecule has 0 spiro atoms. The Labute approximate surface area is 182 Å². The van der Waals surface area contributed by atoms with Gasteiger partial charge in [-0.15, -0.1) is 11.3 Å². The average molecular weight is 458 g/mol. The molecular formula is C20H31N3O5S2. The van der Waals surface area contributed by atoms with Gasteiger partial charge in [0.1, 0.15) is 4.21 Å². The van der Waals surface area contributed by atoms with Crippen molar-refractivity contribution in [1.29, 1.82) is 0 Å².